The van der Waals surface area contributed by atoms with Crippen LogP contribution in [0.5, 0.6) is 0 Å². The van der Waals surface area contributed by atoms with Crippen LogP contribution in [-0.4, -0.2) is 17.5 Å². The number of benzene rings is 2. The van der Waals surface area contributed by atoms with E-state index < -0.39 is 23.5 Å². The Morgan fingerprint density at radius 2 is 1.25 bits per heavy atom. The average molecular weight is 501 g/mol. The molecule has 0 aliphatic carbocycles. The van der Waals surface area contributed by atoms with Gasteiger partial charge in [0.1, 0.15) is 17.4 Å². The zero-order valence-corrected chi connectivity index (χ0v) is 16.9. The van der Waals surface area contributed by atoms with Gasteiger partial charge < -0.3 is 0 Å². The molecule has 24 heavy (non-hydrogen) atoms. The minimum atomic E-state index is -0.732. The van der Waals surface area contributed by atoms with Crippen molar-refractivity contribution in [3.8, 4) is 0 Å². The smallest absolute Gasteiger partial charge is 0.150 e. The molecule has 0 fully saturated rings. The molecule has 2 unspecified atom stereocenters. The summed E-state index contributed by atoms with van der Waals surface area (Å²) in [6.45, 7) is 0. The van der Waals surface area contributed by atoms with Crippen molar-refractivity contribution in [2.24, 2.45) is 0 Å². The van der Waals surface area contributed by atoms with Crippen LogP contribution in [0.4, 0.5) is 8.78 Å². The van der Waals surface area contributed by atoms with Crippen LogP contribution in [0.1, 0.15) is 23.0 Å². The maximum atomic E-state index is 13.8. The van der Waals surface area contributed by atoms with Crippen LogP contribution in [0.15, 0.2) is 45.3 Å². The summed E-state index contributed by atoms with van der Waals surface area (Å²) in [4.78, 5) is 12.9. The van der Waals surface area contributed by atoms with Crippen molar-refractivity contribution in [1.82, 2.24) is 0 Å². The first kappa shape index (κ1) is 19.8. The second-order valence-electron chi connectivity index (χ2n) is 5.16. The van der Waals surface area contributed by atoms with Gasteiger partial charge in [-0.05, 0) is 67.3 Å². The van der Waals surface area contributed by atoms with E-state index in [0.717, 1.165) is 0 Å². The van der Waals surface area contributed by atoms with E-state index in [1.54, 1.807) is 12.1 Å². The van der Waals surface area contributed by atoms with Crippen LogP contribution in [-0.2, 0) is 4.79 Å². The standard InChI is InChI=1S/C17H12Br2Cl2F2O/c18-13-3-1-9(5-15(13)22)11(7-20)17(24)12(8-21)10-2-4-14(19)16(23)6-10/h1-6,11-12H,7-8H2. The second kappa shape index (κ2) is 8.75. The monoisotopic (exact) mass is 498 g/mol. The summed E-state index contributed by atoms with van der Waals surface area (Å²) in [6.07, 6.45) is 0. The third-order valence-corrected chi connectivity index (χ3v) is 5.59. The zero-order chi connectivity index (χ0) is 17.9. The Labute approximate surface area is 165 Å². The molecule has 0 N–H and O–H groups in total. The van der Waals surface area contributed by atoms with E-state index in [-0.39, 0.29) is 17.5 Å². The number of ketones is 1. The molecule has 0 bridgehead atoms. The van der Waals surface area contributed by atoms with Gasteiger partial charge in [0, 0.05) is 11.8 Å². The van der Waals surface area contributed by atoms with Crippen molar-refractivity contribution < 1.29 is 13.6 Å². The molecule has 0 amide bonds. The van der Waals surface area contributed by atoms with Gasteiger partial charge in [-0.3, -0.25) is 4.79 Å². The summed E-state index contributed by atoms with van der Waals surface area (Å²) in [6, 6.07) is 8.83. The Hall–Kier alpha value is -0.490. The highest BCUT2D eigenvalue weighted by Crippen LogP contribution is 2.31. The van der Waals surface area contributed by atoms with Gasteiger partial charge in [0.25, 0.3) is 0 Å². The fraction of sp³-hybridized carbons (Fsp3) is 0.235. The van der Waals surface area contributed by atoms with Crippen molar-refractivity contribution in [3.05, 3.63) is 68.1 Å². The molecular formula is C17H12Br2Cl2F2O. The average Bonchev–Trinajstić information content (AvgIpc) is 2.55. The Balaban J connectivity index is 2.37. The fourth-order valence-corrected chi connectivity index (χ4v) is 3.51. The number of Topliss-reactive ketones (excluding diaryl/α,β-unsaturated/α-hetero) is 1. The lowest BCUT2D eigenvalue weighted by atomic mass is 9.85. The van der Waals surface area contributed by atoms with Crippen LogP contribution in [0.2, 0.25) is 0 Å². The number of carbonyl (C=O) groups excluding carboxylic acids is 1. The van der Waals surface area contributed by atoms with Gasteiger partial charge in [0.15, 0.2) is 0 Å². The summed E-state index contributed by atoms with van der Waals surface area (Å²) in [5.41, 5.74) is 0.923. The molecule has 0 aliphatic rings. The van der Waals surface area contributed by atoms with E-state index in [1.807, 2.05) is 0 Å². The Morgan fingerprint density at radius 3 is 1.54 bits per heavy atom. The molecular weight excluding hydrogens is 489 g/mol. The number of halogens is 6. The molecule has 128 valence electrons. The summed E-state index contributed by atoms with van der Waals surface area (Å²) in [5, 5.41) is 0. The quantitative estimate of drug-likeness (QED) is 0.419. The largest absolute Gasteiger partial charge is 0.298 e. The lowest BCUT2D eigenvalue weighted by Gasteiger charge is -2.20. The van der Waals surface area contributed by atoms with Crippen molar-refractivity contribution in [2.75, 3.05) is 11.8 Å². The Morgan fingerprint density at radius 1 is 0.875 bits per heavy atom. The molecule has 2 atom stereocenters. The van der Waals surface area contributed by atoms with E-state index in [1.165, 1.54) is 24.3 Å². The van der Waals surface area contributed by atoms with Gasteiger partial charge in [-0.2, -0.15) is 0 Å². The number of hydrogen-bond acceptors (Lipinski definition) is 1. The van der Waals surface area contributed by atoms with Crippen molar-refractivity contribution in [3.63, 3.8) is 0 Å². The highest BCUT2D eigenvalue weighted by molar-refractivity contribution is 9.10. The van der Waals surface area contributed by atoms with Gasteiger partial charge in [0.05, 0.1) is 20.8 Å². The fourth-order valence-electron chi connectivity index (χ4n) is 2.36. The van der Waals surface area contributed by atoms with Crippen LogP contribution in [0.3, 0.4) is 0 Å². The van der Waals surface area contributed by atoms with Crippen LogP contribution in [0.25, 0.3) is 0 Å². The summed E-state index contributed by atoms with van der Waals surface area (Å²) >= 11 is 18.1. The summed E-state index contributed by atoms with van der Waals surface area (Å²) in [5.74, 6) is -2.74. The first-order valence-corrected chi connectivity index (χ1v) is 9.60. The van der Waals surface area contributed by atoms with Crippen molar-refractivity contribution >= 4 is 60.8 Å². The maximum Gasteiger partial charge on any atom is 0.150 e. The van der Waals surface area contributed by atoms with Gasteiger partial charge in [-0.1, -0.05) is 12.1 Å². The molecule has 2 aromatic carbocycles. The molecule has 0 radical (unpaired) electrons. The number of rotatable bonds is 6. The van der Waals surface area contributed by atoms with Crippen molar-refractivity contribution in [2.45, 2.75) is 11.8 Å². The third-order valence-electron chi connectivity index (χ3n) is 3.69. The second-order valence-corrected chi connectivity index (χ2v) is 7.49. The highest BCUT2D eigenvalue weighted by Gasteiger charge is 2.29. The van der Waals surface area contributed by atoms with Crippen LogP contribution < -0.4 is 0 Å². The molecule has 0 heterocycles. The maximum absolute atomic E-state index is 13.8. The number of alkyl halides is 2. The van der Waals surface area contributed by atoms with Crippen LogP contribution >= 0.6 is 55.1 Å². The van der Waals surface area contributed by atoms with Crippen LogP contribution in [0, 0.1) is 11.6 Å². The van der Waals surface area contributed by atoms with Crippen molar-refractivity contribution in [1.29, 1.82) is 0 Å². The molecule has 2 aromatic rings. The van der Waals surface area contributed by atoms with E-state index in [9.17, 15) is 13.6 Å². The number of hydrogen-bond donors (Lipinski definition) is 0. The van der Waals surface area contributed by atoms with Gasteiger partial charge in [-0.25, -0.2) is 8.78 Å². The molecule has 0 aliphatic heterocycles. The predicted octanol–water partition coefficient (Wildman–Crippen LogP) is 6.40. The minimum Gasteiger partial charge on any atom is -0.298 e. The van der Waals surface area contributed by atoms with E-state index >= 15 is 0 Å². The summed E-state index contributed by atoms with van der Waals surface area (Å²) < 4.78 is 28.1. The molecule has 2 rings (SSSR count). The van der Waals surface area contributed by atoms with E-state index in [2.05, 4.69) is 31.9 Å². The van der Waals surface area contributed by atoms with Gasteiger partial charge >= 0.3 is 0 Å². The Kier molecular flexibility index (Phi) is 7.23. The normalized spacial score (nSPS) is 13.6. The SMILES string of the molecule is O=C(C(CCl)c1ccc(Br)c(F)c1)C(CCl)c1ccc(Br)c(F)c1. The molecule has 0 aromatic heterocycles. The first-order chi connectivity index (χ1) is 11.4. The highest BCUT2D eigenvalue weighted by atomic mass is 79.9. The van der Waals surface area contributed by atoms with E-state index in [0.29, 0.717) is 20.1 Å². The molecule has 0 spiro atoms. The molecule has 0 saturated carbocycles. The van der Waals surface area contributed by atoms with Gasteiger partial charge in [-0.15, -0.1) is 23.2 Å². The zero-order valence-electron chi connectivity index (χ0n) is 12.2. The molecule has 7 heteroatoms. The first-order valence-electron chi connectivity index (χ1n) is 6.94. The lowest BCUT2D eigenvalue weighted by molar-refractivity contribution is -0.121. The predicted molar refractivity (Wildman–Crippen MR) is 100 cm³/mol. The lowest BCUT2D eigenvalue weighted by Crippen LogP contribution is -2.23. The summed E-state index contributed by atoms with van der Waals surface area (Å²) in [7, 11) is 0. The minimum absolute atomic E-state index is 0.0215. The molecule has 1 nitrogen and oxygen atoms in total. The molecule has 0 saturated heterocycles. The Bertz CT molecular complexity index is 694. The topological polar surface area (TPSA) is 17.1 Å². The van der Waals surface area contributed by atoms with E-state index in [4.69, 9.17) is 23.2 Å². The van der Waals surface area contributed by atoms with Gasteiger partial charge in [0.2, 0.25) is 0 Å². The number of carbonyl (C=O) groups is 1. The third kappa shape index (κ3) is 4.37.